The number of amides is 2. The van der Waals surface area contributed by atoms with Gasteiger partial charge in [-0.3, -0.25) is 19.3 Å². The van der Waals surface area contributed by atoms with Crippen LogP contribution in [-0.4, -0.2) is 78.2 Å². The van der Waals surface area contributed by atoms with E-state index in [2.05, 4.69) is 20.9 Å². The molecule has 7 rings (SSSR count). The zero-order valence-corrected chi connectivity index (χ0v) is 23.5. The Hall–Kier alpha value is -4.51. The van der Waals surface area contributed by atoms with Gasteiger partial charge in [0.25, 0.3) is 11.8 Å². The van der Waals surface area contributed by atoms with Crippen LogP contribution in [0.3, 0.4) is 0 Å². The zero-order valence-electron chi connectivity index (χ0n) is 23.5. The average Bonchev–Trinajstić information content (AvgIpc) is 3.29. The number of carbonyl (C=O) groups is 3. The lowest BCUT2D eigenvalue weighted by Crippen LogP contribution is -2.67. The van der Waals surface area contributed by atoms with Gasteiger partial charge < -0.3 is 21.1 Å². The van der Waals surface area contributed by atoms with Gasteiger partial charge in [0.1, 0.15) is 0 Å². The van der Waals surface area contributed by atoms with Gasteiger partial charge in [0.15, 0.2) is 0 Å². The summed E-state index contributed by atoms with van der Waals surface area (Å²) in [5.41, 5.74) is 4.68. The largest absolute Gasteiger partial charge is 0.478 e. The third-order valence-electron chi connectivity index (χ3n) is 8.03. The van der Waals surface area contributed by atoms with Gasteiger partial charge in [0.2, 0.25) is 0 Å². The number of nitrogens with one attached hydrogen (secondary N) is 3. The molecular weight excluding hydrogens is 534 g/mol. The van der Waals surface area contributed by atoms with Crippen LogP contribution >= 0.6 is 0 Å². The molecule has 3 saturated heterocycles. The Morgan fingerprint density at radius 3 is 2.40 bits per heavy atom. The van der Waals surface area contributed by atoms with E-state index in [1.165, 1.54) is 17.6 Å². The van der Waals surface area contributed by atoms with Crippen LogP contribution in [0.2, 0.25) is 0 Å². The Labute approximate surface area is 243 Å². The van der Waals surface area contributed by atoms with Crippen molar-refractivity contribution in [1.82, 2.24) is 15.3 Å². The van der Waals surface area contributed by atoms with E-state index >= 15 is 0 Å². The number of hydroxylamine groups is 2. The van der Waals surface area contributed by atoms with Crippen LogP contribution in [0.4, 0.5) is 11.4 Å². The van der Waals surface area contributed by atoms with Gasteiger partial charge in [-0.15, -0.1) is 0 Å². The molecule has 0 aliphatic carbocycles. The lowest BCUT2D eigenvalue weighted by atomic mass is 9.91. The highest BCUT2D eigenvalue weighted by molar-refractivity contribution is 6.37. The fourth-order valence-corrected chi connectivity index (χ4v) is 5.86. The summed E-state index contributed by atoms with van der Waals surface area (Å²) in [6, 6.07) is 20.8. The van der Waals surface area contributed by atoms with Crippen molar-refractivity contribution in [2.75, 3.05) is 43.9 Å². The van der Waals surface area contributed by atoms with Crippen molar-refractivity contribution < 1.29 is 24.3 Å². The molecular formula is C32H33N5O5. The van der Waals surface area contributed by atoms with E-state index < -0.39 is 5.97 Å². The number of benzene rings is 3. The summed E-state index contributed by atoms with van der Waals surface area (Å²) >= 11 is 0. The topological polar surface area (TPSA) is 123 Å². The number of rotatable bonds is 9. The molecule has 10 heteroatoms. The Kier molecular flexibility index (Phi) is 7.51. The highest BCUT2D eigenvalue weighted by Gasteiger charge is 2.36. The molecule has 3 aromatic carbocycles. The van der Waals surface area contributed by atoms with Crippen molar-refractivity contribution in [2.24, 2.45) is 0 Å². The summed E-state index contributed by atoms with van der Waals surface area (Å²) in [5, 5.41) is 20.5. The van der Waals surface area contributed by atoms with Crippen molar-refractivity contribution >= 4 is 40.4 Å². The monoisotopic (exact) mass is 567 g/mol. The van der Waals surface area contributed by atoms with E-state index in [0.717, 1.165) is 25.2 Å². The first-order valence-electron chi connectivity index (χ1n) is 14.0. The second-order valence-corrected chi connectivity index (χ2v) is 11.0. The normalized spacial score (nSPS) is 20.3. The third kappa shape index (κ3) is 5.52. The van der Waals surface area contributed by atoms with Gasteiger partial charge in [0.05, 0.1) is 29.1 Å². The number of anilines is 2. The highest BCUT2D eigenvalue weighted by Crippen LogP contribution is 2.39. The lowest BCUT2D eigenvalue weighted by molar-refractivity contribution is -0.113. The van der Waals surface area contributed by atoms with E-state index in [0.29, 0.717) is 58.0 Å². The maximum absolute atomic E-state index is 13.2. The minimum atomic E-state index is -1.05. The first-order chi connectivity index (χ1) is 20.3. The molecule has 0 aromatic heterocycles. The molecule has 2 bridgehead atoms. The fraction of sp³-hybridized carbons (Fsp3) is 0.281. The summed E-state index contributed by atoms with van der Waals surface area (Å²) in [7, 11) is 1.62. The quantitative estimate of drug-likeness (QED) is 0.228. The van der Waals surface area contributed by atoms with Crippen LogP contribution in [0.5, 0.6) is 0 Å². The third-order valence-corrected chi connectivity index (χ3v) is 8.03. The maximum Gasteiger partial charge on any atom is 0.336 e. The lowest BCUT2D eigenvalue weighted by Gasteiger charge is -2.48. The first kappa shape index (κ1) is 27.6. The molecule has 3 aromatic rings. The molecule has 2 unspecified atom stereocenters. The fourth-order valence-electron chi connectivity index (χ4n) is 5.86. The van der Waals surface area contributed by atoms with E-state index in [-0.39, 0.29) is 17.4 Å². The van der Waals surface area contributed by atoms with Gasteiger partial charge >= 0.3 is 5.97 Å². The summed E-state index contributed by atoms with van der Waals surface area (Å²) in [6.07, 6.45) is 1.25. The van der Waals surface area contributed by atoms with Crippen LogP contribution in [0, 0.1) is 6.92 Å². The van der Waals surface area contributed by atoms with Gasteiger partial charge in [-0.1, -0.05) is 30.3 Å². The SMILES string of the molecule is Cc1cc2c(cc1C(=O)O)NC(=O)C2=C(Nc1ccc(C(=O)N(C)OCCN2CC3CC(C2)N3)cc1)c1ccccc1. The van der Waals surface area contributed by atoms with Crippen LogP contribution in [0.15, 0.2) is 66.7 Å². The minimum Gasteiger partial charge on any atom is -0.478 e. The predicted octanol–water partition coefficient (Wildman–Crippen LogP) is 3.68. The molecule has 0 radical (unpaired) electrons. The van der Waals surface area contributed by atoms with E-state index in [1.807, 2.05) is 30.3 Å². The number of aryl methyl sites for hydroxylation is 1. The Morgan fingerprint density at radius 2 is 1.74 bits per heavy atom. The summed E-state index contributed by atoms with van der Waals surface area (Å²) in [4.78, 5) is 46.0. The predicted molar refractivity (Wildman–Crippen MR) is 160 cm³/mol. The molecule has 216 valence electrons. The molecule has 42 heavy (non-hydrogen) atoms. The number of aromatic carboxylic acids is 1. The van der Waals surface area contributed by atoms with Gasteiger partial charge in [0, 0.05) is 55.6 Å². The highest BCUT2D eigenvalue weighted by atomic mass is 16.7. The summed E-state index contributed by atoms with van der Waals surface area (Å²) in [5.74, 6) is -1.63. The van der Waals surface area contributed by atoms with Gasteiger partial charge in [-0.2, -0.15) is 0 Å². The molecule has 10 nitrogen and oxygen atoms in total. The molecule has 3 fully saturated rings. The number of hydrogen-bond donors (Lipinski definition) is 4. The van der Waals surface area contributed by atoms with Crippen molar-refractivity contribution in [3.63, 3.8) is 0 Å². The number of fused-ring (bicyclic) bond motifs is 3. The van der Waals surface area contributed by atoms with E-state index in [1.54, 1.807) is 44.3 Å². The van der Waals surface area contributed by atoms with Crippen molar-refractivity contribution in [3.8, 4) is 0 Å². The number of carbonyl (C=O) groups excluding carboxylic acids is 2. The average molecular weight is 568 g/mol. The van der Waals surface area contributed by atoms with E-state index in [4.69, 9.17) is 4.84 Å². The smallest absolute Gasteiger partial charge is 0.336 e. The van der Waals surface area contributed by atoms with Crippen molar-refractivity contribution in [2.45, 2.75) is 25.4 Å². The molecule has 0 saturated carbocycles. The Balaban J connectivity index is 1.19. The number of hydrogen-bond acceptors (Lipinski definition) is 7. The number of nitrogens with zero attached hydrogens (tertiary/aromatic N) is 2. The van der Waals surface area contributed by atoms with Crippen LogP contribution in [0.1, 0.15) is 43.8 Å². The van der Waals surface area contributed by atoms with Gasteiger partial charge in [-0.05, 0) is 60.9 Å². The van der Waals surface area contributed by atoms with Gasteiger partial charge in [-0.25, -0.2) is 9.86 Å². The van der Waals surface area contributed by atoms with E-state index in [9.17, 15) is 19.5 Å². The standard InChI is InChI=1S/C32H33N5O5/c1-19-14-26-27(16-25(19)32(40)41)35-30(38)28(26)29(20-6-4-3-5-7-20)34-22-10-8-21(9-11-22)31(39)36(2)42-13-12-37-17-23-15-24(18-37)33-23/h3-11,14,16,23-24,33-34H,12-13,15,17-18H2,1-2H3,(H,35,38)(H,40,41). The Bertz CT molecular complexity index is 1550. The number of carboxylic acids is 1. The molecule has 2 atom stereocenters. The first-order valence-corrected chi connectivity index (χ1v) is 14.0. The van der Waals surface area contributed by atoms with Crippen LogP contribution < -0.4 is 16.0 Å². The molecule has 2 amide bonds. The molecule has 4 aliphatic rings. The zero-order chi connectivity index (χ0) is 29.4. The molecule has 4 aliphatic heterocycles. The van der Waals surface area contributed by atoms with Crippen LogP contribution in [-0.2, 0) is 9.63 Å². The van der Waals surface area contributed by atoms with Crippen molar-refractivity contribution in [1.29, 1.82) is 0 Å². The molecule has 4 heterocycles. The number of piperazine rings is 1. The minimum absolute atomic E-state index is 0.138. The molecule has 4 N–H and O–H groups in total. The summed E-state index contributed by atoms with van der Waals surface area (Å²) < 4.78 is 0. The van der Waals surface area contributed by atoms with Crippen LogP contribution in [0.25, 0.3) is 11.3 Å². The second-order valence-electron chi connectivity index (χ2n) is 11.0. The second kappa shape index (κ2) is 11.4. The number of piperidine rings is 1. The summed E-state index contributed by atoms with van der Waals surface area (Å²) in [6.45, 7) is 4.96. The number of carboxylic acid groups (broad SMARTS) is 1. The Morgan fingerprint density at radius 1 is 1.05 bits per heavy atom. The van der Waals surface area contributed by atoms with Crippen molar-refractivity contribution in [3.05, 3.63) is 94.5 Å². The molecule has 0 spiro atoms. The maximum atomic E-state index is 13.2.